The molecule has 2 heterocycles. The summed E-state index contributed by atoms with van der Waals surface area (Å²) in [4.78, 5) is 15.3. The number of carbonyl (C=O) groups is 1. The van der Waals surface area contributed by atoms with E-state index in [1.807, 2.05) is 0 Å². The third-order valence-electron chi connectivity index (χ3n) is 6.50. The Balaban J connectivity index is 1.73. The maximum absolute atomic E-state index is 13.2. The summed E-state index contributed by atoms with van der Waals surface area (Å²) in [6.45, 7) is 2.97. The highest BCUT2D eigenvalue weighted by Crippen LogP contribution is 2.46. The van der Waals surface area contributed by atoms with Crippen LogP contribution in [0.5, 0.6) is 11.5 Å². The fourth-order valence-electron chi connectivity index (χ4n) is 5.03. The summed E-state index contributed by atoms with van der Waals surface area (Å²) in [5.74, 6) is 2.07. The first-order valence-electron chi connectivity index (χ1n) is 9.79. The molecule has 0 aromatic heterocycles. The van der Waals surface area contributed by atoms with Crippen LogP contribution in [-0.4, -0.2) is 44.8 Å². The molecular formula is C21H29NO4. The van der Waals surface area contributed by atoms with Crippen molar-refractivity contribution in [2.45, 2.75) is 50.5 Å². The van der Waals surface area contributed by atoms with Crippen LogP contribution in [0.4, 0.5) is 0 Å². The molecule has 3 aliphatic rings. The van der Waals surface area contributed by atoms with Crippen molar-refractivity contribution in [2.24, 2.45) is 5.92 Å². The van der Waals surface area contributed by atoms with E-state index in [0.717, 1.165) is 56.9 Å². The number of amides is 1. The third-order valence-corrected chi connectivity index (χ3v) is 6.50. The SMILES string of the molecule is COc1cc2c(cc1OC)C1(CCOCC1)CN(C(=O)C1CCCC1)C2. The molecule has 4 rings (SSSR count). The van der Waals surface area contributed by atoms with Gasteiger partial charge in [-0.3, -0.25) is 4.79 Å². The molecule has 142 valence electrons. The molecule has 2 aliphatic heterocycles. The highest BCUT2D eigenvalue weighted by molar-refractivity contribution is 5.79. The monoisotopic (exact) mass is 359 g/mol. The number of hydrogen-bond acceptors (Lipinski definition) is 4. The van der Waals surface area contributed by atoms with Gasteiger partial charge in [0.1, 0.15) is 0 Å². The first-order chi connectivity index (χ1) is 12.7. The lowest BCUT2D eigenvalue weighted by molar-refractivity contribution is -0.138. The van der Waals surface area contributed by atoms with Gasteiger partial charge in [-0.1, -0.05) is 12.8 Å². The summed E-state index contributed by atoms with van der Waals surface area (Å²) in [6, 6.07) is 4.20. The Morgan fingerprint density at radius 3 is 2.42 bits per heavy atom. The molecule has 5 nitrogen and oxygen atoms in total. The number of fused-ring (bicyclic) bond motifs is 2. The molecule has 1 aromatic rings. The topological polar surface area (TPSA) is 48.0 Å². The van der Waals surface area contributed by atoms with Crippen LogP contribution in [0.15, 0.2) is 12.1 Å². The van der Waals surface area contributed by atoms with Crippen molar-refractivity contribution < 1.29 is 19.0 Å². The number of rotatable bonds is 3. The number of ether oxygens (including phenoxy) is 3. The second-order valence-electron chi connectivity index (χ2n) is 7.93. The van der Waals surface area contributed by atoms with Crippen molar-refractivity contribution in [3.8, 4) is 11.5 Å². The van der Waals surface area contributed by atoms with Gasteiger partial charge in [-0.05, 0) is 48.9 Å². The minimum Gasteiger partial charge on any atom is -0.493 e. The second kappa shape index (κ2) is 7.10. The van der Waals surface area contributed by atoms with Crippen molar-refractivity contribution in [3.63, 3.8) is 0 Å². The molecular weight excluding hydrogens is 330 g/mol. The molecule has 0 unspecified atom stereocenters. The zero-order valence-electron chi connectivity index (χ0n) is 15.9. The Kier molecular flexibility index (Phi) is 4.82. The van der Waals surface area contributed by atoms with E-state index >= 15 is 0 Å². The van der Waals surface area contributed by atoms with Gasteiger partial charge < -0.3 is 19.1 Å². The van der Waals surface area contributed by atoms with E-state index in [1.165, 1.54) is 24.0 Å². The Bertz CT molecular complexity index is 675. The summed E-state index contributed by atoms with van der Waals surface area (Å²) in [5.41, 5.74) is 2.48. The van der Waals surface area contributed by atoms with Gasteiger partial charge >= 0.3 is 0 Å². The highest BCUT2D eigenvalue weighted by Gasteiger charge is 2.44. The summed E-state index contributed by atoms with van der Waals surface area (Å²) >= 11 is 0. The van der Waals surface area contributed by atoms with E-state index in [0.29, 0.717) is 12.5 Å². The lowest BCUT2D eigenvalue weighted by Crippen LogP contribution is -2.51. The third kappa shape index (κ3) is 2.96. The smallest absolute Gasteiger partial charge is 0.226 e. The minimum absolute atomic E-state index is 0.0281. The molecule has 1 amide bonds. The van der Waals surface area contributed by atoms with Crippen molar-refractivity contribution in [2.75, 3.05) is 34.0 Å². The molecule has 26 heavy (non-hydrogen) atoms. The molecule has 0 radical (unpaired) electrons. The van der Waals surface area contributed by atoms with E-state index < -0.39 is 0 Å². The zero-order chi connectivity index (χ0) is 18.1. The molecule has 0 bridgehead atoms. The van der Waals surface area contributed by atoms with Crippen LogP contribution in [0.25, 0.3) is 0 Å². The van der Waals surface area contributed by atoms with Crippen molar-refractivity contribution in [1.82, 2.24) is 4.90 Å². The van der Waals surface area contributed by atoms with E-state index in [2.05, 4.69) is 17.0 Å². The number of carbonyl (C=O) groups excluding carboxylic acids is 1. The maximum atomic E-state index is 13.2. The number of nitrogens with zero attached hydrogens (tertiary/aromatic N) is 1. The Labute approximate surface area is 155 Å². The van der Waals surface area contributed by atoms with Gasteiger partial charge in [-0.2, -0.15) is 0 Å². The first kappa shape index (κ1) is 17.7. The van der Waals surface area contributed by atoms with Crippen molar-refractivity contribution >= 4 is 5.91 Å². The molecule has 0 atom stereocenters. The lowest BCUT2D eigenvalue weighted by Gasteiger charge is -2.47. The normalized spacial score (nSPS) is 22.3. The van der Waals surface area contributed by atoms with Gasteiger partial charge in [0, 0.05) is 37.6 Å². The van der Waals surface area contributed by atoms with Crippen molar-refractivity contribution in [3.05, 3.63) is 23.3 Å². The number of benzene rings is 1. The fourth-order valence-corrected chi connectivity index (χ4v) is 5.03. The summed E-state index contributed by atoms with van der Waals surface area (Å²) in [6.07, 6.45) is 6.36. The van der Waals surface area contributed by atoms with Crippen LogP contribution < -0.4 is 9.47 Å². The van der Waals surface area contributed by atoms with E-state index in [1.54, 1.807) is 14.2 Å². The number of hydrogen-bond donors (Lipinski definition) is 0. The quantitative estimate of drug-likeness (QED) is 0.831. The van der Waals surface area contributed by atoms with E-state index in [9.17, 15) is 4.79 Å². The Hall–Kier alpha value is -1.75. The summed E-state index contributed by atoms with van der Waals surface area (Å²) in [5, 5.41) is 0. The molecule has 1 saturated heterocycles. The average molecular weight is 359 g/mol. The van der Waals surface area contributed by atoms with Gasteiger partial charge in [0.15, 0.2) is 11.5 Å². The zero-order valence-corrected chi connectivity index (χ0v) is 15.9. The molecule has 1 aliphatic carbocycles. The van der Waals surface area contributed by atoms with Crippen LogP contribution >= 0.6 is 0 Å². The van der Waals surface area contributed by atoms with Crippen LogP contribution in [0.3, 0.4) is 0 Å². The minimum atomic E-state index is -0.0281. The van der Waals surface area contributed by atoms with Gasteiger partial charge in [0.25, 0.3) is 0 Å². The van der Waals surface area contributed by atoms with Gasteiger partial charge in [0.2, 0.25) is 5.91 Å². The van der Waals surface area contributed by atoms with Gasteiger partial charge in [-0.25, -0.2) is 0 Å². The molecule has 1 spiro atoms. The van der Waals surface area contributed by atoms with Crippen LogP contribution in [0.1, 0.15) is 49.7 Å². The van der Waals surface area contributed by atoms with Gasteiger partial charge in [0.05, 0.1) is 14.2 Å². The molecule has 5 heteroatoms. The average Bonchev–Trinajstić information content (AvgIpc) is 3.21. The van der Waals surface area contributed by atoms with Gasteiger partial charge in [-0.15, -0.1) is 0 Å². The fraction of sp³-hybridized carbons (Fsp3) is 0.667. The Morgan fingerprint density at radius 1 is 1.12 bits per heavy atom. The standard InChI is InChI=1S/C21H29NO4/c1-24-18-11-16-13-22(20(23)15-5-3-4-6-15)14-21(7-9-26-10-8-21)17(16)12-19(18)25-2/h11-12,15H,3-10,13-14H2,1-2H3. The Morgan fingerprint density at radius 2 is 1.77 bits per heavy atom. The number of methoxy groups -OCH3 is 2. The van der Waals surface area contributed by atoms with Crippen LogP contribution in [0, 0.1) is 5.92 Å². The molecule has 2 fully saturated rings. The first-order valence-corrected chi connectivity index (χ1v) is 9.79. The predicted octanol–water partition coefficient (Wildman–Crippen LogP) is 3.28. The van der Waals surface area contributed by atoms with Crippen molar-refractivity contribution in [1.29, 1.82) is 0 Å². The van der Waals surface area contributed by atoms with Crippen LogP contribution in [0.2, 0.25) is 0 Å². The molecule has 1 saturated carbocycles. The largest absolute Gasteiger partial charge is 0.493 e. The lowest BCUT2D eigenvalue weighted by atomic mass is 9.69. The summed E-state index contributed by atoms with van der Waals surface area (Å²) in [7, 11) is 3.35. The highest BCUT2D eigenvalue weighted by atomic mass is 16.5. The predicted molar refractivity (Wildman–Crippen MR) is 98.7 cm³/mol. The summed E-state index contributed by atoms with van der Waals surface area (Å²) < 4.78 is 16.7. The molecule has 0 N–H and O–H groups in total. The molecule has 1 aromatic carbocycles. The van der Waals surface area contributed by atoms with E-state index in [-0.39, 0.29) is 11.3 Å². The van der Waals surface area contributed by atoms with E-state index in [4.69, 9.17) is 14.2 Å². The second-order valence-corrected chi connectivity index (χ2v) is 7.93. The van der Waals surface area contributed by atoms with Crippen LogP contribution in [-0.2, 0) is 21.5 Å². The maximum Gasteiger partial charge on any atom is 0.226 e.